The highest BCUT2D eigenvalue weighted by molar-refractivity contribution is 5.77. The minimum absolute atomic E-state index is 0.0599. The summed E-state index contributed by atoms with van der Waals surface area (Å²) in [6, 6.07) is 24.0. The lowest BCUT2D eigenvalue weighted by Crippen LogP contribution is -2.27. The Labute approximate surface area is 219 Å². The normalized spacial score (nSPS) is 11.8. The van der Waals surface area contributed by atoms with Crippen molar-refractivity contribution in [2.24, 2.45) is 0 Å². The Morgan fingerprint density at radius 3 is 2.11 bits per heavy atom. The van der Waals surface area contributed by atoms with Gasteiger partial charge >= 0.3 is 5.69 Å². The molecular weight excluding hydrogens is 478 g/mol. The highest BCUT2D eigenvalue weighted by Gasteiger charge is 2.18. The van der Waals surface area contributed by atoms with E-state index in [1.165, 1.54) is 0 Å². The summed E-state index contributed by atoms with van der Waals surface area (Å²) >= 11 is 0. The fourth-order valence-electron chi connectivity index (χ4n) is 4.87. The first kappa shape index (κ1) is 23.9. The summed E-state index contributed by atoms with van der Waals surface area (Å²) in [6.45, 7) is 4.29. The highest BCUT2D eigenvalue weighted by atomic mass is 16.5. The summed E-state index contributed by atoms with van der Waals surface area (Å²) in [5.74, 6) is 1.96. The first-order valence-corrected chi connectivity index (χ1v) is 12.6. The van der Waals surface area contributed by atoms with Crippen LogP contribution < -0.4 is 5.69 Å². The molecule has 192 valence electrons. The summed E-state index contributed by atoms with van der Waals surface area (Å²) < 4.78 is 11.0. The van der Waals surface area contributed by atoms with Gasteiger partial charge in [0.25, 0.3) is 0 Å². The lowest BCUT2D eigenvalue weighted by atomic mass is 10.1. The van der Waals surface area contributed by atoms with Gasteiger partial charge in [0.1, 0.15) is 5.82 Å². The van der Waals surface area contributed by atoms with E-state index >= 15 is 0 Å². The molecule has 3 aromatic heterocycles. The molecule has 0 saturated heterocycles. The van der Waals surface area contributed by atoms with Crippen LogP contribution in [0.5, 0.6) is 0 Å². The second kappa shape index (κ2) is 9.75. The maximum Gasteiger partial charge on any atom is 0.329 e. The number of imidazole rings is 2. The SMILES string of the molecule is Cc1nc(-c2ccc(Cn3c(=O)n(Cc4nc5ccccc5n4CCN(C)C)c4ccccc43)cc2)no1. The molecule has 0 N–H and O–H groups in total. The molecule has 0 unspecified atom stereocenters. The fourth-order valence-corrected chi connectivity index (χ4v) is 4.87. The third-order valence-corrected chi connectivity index (χ3v) is 6.81. The number of hydrogen-bond acceptors (Lipinski definition) is 6. The van der Waals surface area contributed by atoms with E-state index in [1.54, 1.807) is 6.92 Å². The van der Waals surface area contributed by atoms with Gasteiger partial charge in [-0.15, -0.1) is 0 Å². The van der Waals surface area contributed by atoms with Crippen LogP contribution in [-0.4, -0.2) is 54.4 Å². The predicted molar refractivity (Wildman–Crippen MR) is 147 cm³/mol. The van der Waals surface area contributed by atoms with Crippen LogP contribution in [-0.2, 0) is 19.6 Å². The van der Waals surface area contributed by atoms with Crippen molar-refractivity contribution in [3.05, 3.63) is 101 Å². The Balaban J connectivity index is 1.37. The van der Waals surface area contributed by atoms with E-state index in [0.29, 0.717) is 24.8 Å². The molecule has 0 amide bonds. The van der Waals surface area contributed by atoms with Gasteiger partial charge in [-0.2, -0.15) is 4.98 Å². The molecule has 0 aliphatic heterocycles. The molecule has 0 saturated carbocycles. The van der Waals surface area contributed by atoms with Gasteiger partial charge in [-0.3, -0.25) is 9.13 Å². The molecular formula is C29H29N7O2. The molecule has 38 heavy (non-hydrogen) atoms. The molecule has 9 nitrogen and oxygen atoms in total. The third kappa shape index (κ3) is 4.41. The van der Waals surface area contributed by atoms with Crippen LogP contribution in [0.1, 0.15) is 17.3 Å². The van der Waals surface area contributed by atoms with E-state index in [9.17, 15) is 4.79 Å². The number of nitrogens with zero attached hydrogens (tertiary/aromatic N) is 7. The van der Waals surface area contributed by atoms with Crippen LogP contribution in [0.4, 0.5) is 0 Å². The molecule has 0 atom stereocenters. The molecule has 3 heterocycles. The van der Waals surface area contributed by atoms with Crippen molar-refractivity contribution < 1.29 is 4.52 Å². The van der Waals surface area contributed by atoms with Gasteiger partial charge in [0, 0.05) is 25.6 Å². The number of rotatable bonds is 8. The van der Waals surface area contributed by atoms with Crippen LogP contribution in [0.3, 0.4) is 0 Å². The number of aryl methyl sites for hydroxylation is 1. The monoisotopic (exact) mass is 507 g/mol. The number of para-hydroxylation sites is 4. The van der Waals surface area contributed by atoms with Crippen molar-refractivity contribution in [1.82, 2.24) is 33.7 Å². The number of aromatic nitrogens is 6. The number of fused-ring (bicyclic) bond motifs is 2. The van der Waals surface area contributed by atoms with Crippen molar-refractivity contribution in [2.45, 2.75) is 26.6 Å². The molecule has 0 fully saturated rings. The van der Waals surface area contributed by atoms with Crippen LogP contribution in [0.15, 0.2) is 82.1 Å². The summed E-state index contributed by atoms with van der Waals surface area (Å²) in [6.07, 6.45) is 0. The van der Waals surface area contributed by atoms with Crippen molar-refractivity contribution >= 4 is 22.1 Å². The van der Waals surface area contributed by atoms with Crippen molar-refractivity contribution in [1.29, 1.82) is 0 Å². The van der Waals surface area contributed by atoms with Crippen molar-refractivity contribution in [2.75, 3.05) is 20.6 Å². The maximum atomic E-state index is 13.8. The average molecular weight is 508 g/mol. The molecule has 9 heteroatoms. The standard InChI is InChI=1S/C29H29N7O2/c1-20-30-28(32-38-20)22-14-12-21(13-15-22)18-35-25-10-6-7-11-26(25)36(29(35)37)19-27-31-23-8-4-5-9-24(23)34(27)17-16-33(2)3/h4-15H,16-19H2,1-3H3. The predicted octanol–water partition coefficient (Wildman–Crippen LogP) is 4.17. The van der Waals surface area contributed by atoms with Crippen LogP contribution in [0.25, 0.3) is 33.5 Å². The van der Waals surface area contributed by atoms with Gasteiger partial charge in [0.2, 0.25) is 11.7 Å². The Bertz CT molecular complexity index is 1790. The zero-order valence-corrected chi connectivity index (χ0v) is 21.7. The van der Waals surface area contributed by atoms with Crippen LogP contribution in [0.2, 0.25) is 0 Å². The third-order valence-electron chi connectivity index (χ3n) is 6.81. The van der Waals surface area contributed by atoms with E-state index < -0.39 is 0 Å². The topological polar surface area (TPSA) is 86.9 Å². The lowest BCUT2D eigenvalue weighted by Gasteiger charge is -2.13. The first-order chi connectivity index (χ1) is 18.5. The molecule has 6 aromatic rings. The largest absolute Gasteiger partial charge is 0.339 e. The molecule has 0 aliphatic rings. The number of hydrogen-bond donors (Lipinski definition) is 0. The van der Waals surface area contributed by atoms with Gasteiger partial charge in [0.15, 0.2) is 0 Å². The second-order valence-corrected chi connectivity index (χ2v) is 9.75. The van der Waals surface area contributed by atoms with E-state index in [2.05, 4.69) is 39.8 Å². The molecule has 3 aromatic carbocycles. The Morgan fingerprint density at radius 2 is 1.45 bits per heavy atom. The smallest absolute Gasteiger partial charge is 0.329 e. The van der Waals surface area contributed by atoms with Crippen LogP contribution >= 0.6 is 0 Å². The molecule has 0 spiro atoms. The van der Waals surface area contributed by atoms with Gasteiger partial charge < -0.3 is 14.0 Å². The van der Waals surface area contributed by atoms with Crippen LogP contribution in [0, 0.1) is 6.92 Å². The highest BCUT2D eigenvalue weighted by Crippen LogP contribution is 2.21. The minimum Gasteiger partial charge on any atom is -0.339 e. The average Bonchev–Trinajstić information content (AvgIpc) is 3.58. The van der Waals surface area contributed by atoms with Gasteiger partial charge in [-0.05, 0) is 43.9 Å². The lowest BCUT2D eigenvalue weighted by molar-refractivity contribution is 0.382. The molecule has 0 aliphatic carbocycles. The quantitative estimate of drug-likeness (QED) is 0.307. The van der Waals surface area contributed by atoms with Gasteiger partial charge in [-0.25, -0.2) is 9.78 Å². The van der Waals surface area contributed by atoms with Crippen molar-refractivity contribution in [3.8, 4) is 11.4 Å². The summed E-state index contributed by atoms with van der Waals surface area (Å²) in [7, 11) is 4.12. The van der Waals surface area contributed by atoms with E-state index in [4.69, 9.17) is 9.51 Å². The van der Waals surface area contributed by atoms with Gasteiger partial charge in [-0.1, -0.05) is 53.7 Å². The van der Waals surface area contributed by atoms with Gasteiger partial charge in [0.05, 0.1) is 35.2 Å². The number of likely N-dealkylation sites (N-methyl/N-ethyl adjacent to an activating group) is 1. The summed E-state index contributed by atoms with van der Waals surface area (Å²) in [4.78, 5) is 25.2. The Kier molecular flexibility index (Phi) is 6.13. The van der Waals surface area contributed by atoms with E-state index in [-0.39, 0.29) is 5.69 Å². The Hall–Kier alpha value is -4.50. The zero-order chi connectivity index (χ0) is 26.2. The zero-order valence-electron chi connectivity index (χ0n) is 21.7. The molecule has 0 bridgehead atoms. The maximum absolute atomic E-state index is 13.8. The first-order valence-electron chi connectivity index (χ1n) is 12.6. The summed E-state index contributed by atoms with van der Waals surface area (Å²) in [5.41, 5.74) is 5.63. The molecule has 0 radical (unpaired) electrons. The molecule has 6 rings (SSSR count). The second-order valence-electron chi connectivity index (χ2n) is 9.75. The fraction of sp³-hybridized carbons (Fsp3) is 0.241. The number of benzene rings is 3. The van der Waals surface area contributed by atoms with E-state index in [1.807, 2.05) is 75.9 Å². The van der Waals surface area contributed by atoms with Crippen molar-refractivity contribution in [3.63, 3.8) is 0 Å². The summed E-state index contributed by atoms with van der Waals surface area (Å²) in [5, 5.41) is 3.99. The Morgan fingerprint density at radius 1 is 0.789 bits per heavy atom. The minimum atomic E-state index is -0.0599. The van der Waals surface area contributed by atoms with E-state index in [0.717, 1.165) is 52.1 Å².